The Kier molecular flexibility index (Phi) is 10.5. The molecule has 36 heavy (non-hydrogen) atoms. The lowest BCUT2D eigenvalue weighted by Gasteiger charge is -2.24. The number of hydrogen-bond acceptors (Lipinski definition) is 14. The van der Waals surface area contributed by atoms with Crippen LogP contribution in [0.2, 0.25) is 0 Å². The van der Waals surface area contributed by atoms with Crippen LogP contribution in [-0.4, -0.2) is 111 Å². The number of aliphatic hydroxyl groups is 7. The van der Waals surface area contributed by atoms with Crippen LogP contribution in [0.15, 0.2) is 33.7 Å². The number of phosphoric acid groups is 1. The molecule has 1 aliphatic heterocycles. The Morgan fingerprint density at radius 1 is 1.11 bits per heavy atom. The van der Waals surface area contributed by atoms with Crippen LogP contribution in [0, 0.1) is 0 Å². The molecule has 1 aliphatic rings. The molecule has 0 saturated carbocycles. The van der Waals surface area contributed by atoms with Gasteiger partial charge in [0.1, 0.15) is 42.7 Å². The van der Waals surface area contributed by atoms with Crippen LogP contribution in [0.5, 0.6) is 0 Å². The molecule has 1 aromatic heterocycles. The summed E-state index contributed by atoms with van der Waals surface area (Å²) in [5.41, 5.74) is -1.74. The molecule has 2 rings (SSSR count). The molecule has 0 aromatic carbocycles. The fourth-order valence-corrected chi connectivity index (χ4v) is 5.26. The van der Waals surface area contributed by atoms with Crippen molar-refractivity contribution in [3.05, 3.63) is 45.0 Å². The average molecular weight is 564 g/mol. The zero-order chi connectivity index (χ0) is 27.4. The van der Waals surface area contributed by atoms with Crippen LogP contribution in [-0.2, 0) is 22.7 Å². The topological polar surface area (TPSA) is 299 Å². The predicted molar refractivity (Wildman–Crippen MR) is 114 cm³/mol. The van der Waals surface area contributed by atoms with Crippen LogP contribution in [0.1, 0.15) is 6.23 Å². The highest BCUT2D eigenvalue weighted by molar-refractivity contribution is 7.66. The maximum atomic E-state index is 12.1. The molecule has 18 nitrogen and oxygen atoms in total. The van der Waals surface area contributed by atoms with E-state index in [1.807, 2.05) is 4.98 Å². The quantitative estimate of drug-likeness (QED) is 0.107. The normalized spacial score (nSPS) is 29.4. The Hall–Kier alpha value is -1.60. The van der Waals surface area contributed by atoms with Gasteiger partial charge in [0.15, 0.2) is 6.23 Å². The number of rotatable bonds is 12. The van der Waals surface area contributed by atoms with Gasteiger partial charge in [-0.25, -0.2) is 13.7 Å². The third kappa shape index (κ3) is 7.95. The van der Waals surface area contributed by atoms with Gasteiger partial charge in [0.2, 0.25) is 0 Å². The van der Waals surface area contributed by atoms with Crippen molar-refractivity contribution in [2.45, 2.75) is 49.0 Å². The van der Waals surface area contributed by atoms with Crippen molar-refractivity contribution in [1.29, 1.82) is 0 Å². The Morgan fingerprint density at radius 2 is 1.75 bits per heavy atom. The van der Waals surface area contributed by atoms with Crippen LogP contribution in [0.3, 0.4) is 0 Å². The highest BCUT2D eigenvalue weighted by Crippen LogP contribution is 2.60. The van der Waals surface area contributed by atoms with Gasteiger partial charge in [-0.2, -0.15) is 0 Å². The Bertz CT molecular complexity index is 1120. The molecule has 1 aromatic rings. The molecule has 10 N–H and O–H groups in total. The summed E-state index contributed by atoms with van der Waals surface area (Å²) in [6, 6.07) is 0.932. The van der Waals surface area contributed by atoms with E-state index in [-0.39, 0.29) is 5.82 Å². The van der Waals surface area contributed by atoms with Crippen LogP contribution in [0.25, 0.3) is 0 Å². The number of aromatic nitrogens is 2. The summed E-state index contributed by atoms with van der Waals surface area (Å²) in [6.07, 6.45) is -13.3. The second-order valence-corrected chi connectivity index (χ2v) is 10.8. The van der Waals surface area contributed by atoms with E-state index in [1.54, 1.807) is 0 Å². The van der Waals surface area contributed by atoms with Crippen LogP contribution in [0.4, 0.5) is 0 Å². The van der Waals surface area contributed by atoms with Crippen molar-refractivity contribution in [3.63, 3.8) is 0 Å². The predicted octanol–water partition coefficient (Wildman–Crippen LogP) is -4.58. The fourth-order valence-electron chi connectivity index (χ4n) is 2.94. The first kappa shape index (κ1) is 30.6. The maximum absolute atomic E-state index is 12.1. The van der Waals surface area contributed by atoms with Crippen molar-refractivity contribution in [3.8, 4) is 0 Å². The molecule has 2 unspecified atom stereocenters. The van der Waals surface area contributed by atoms with Gasteiger partial charge in [0.05, 0.1) is 13.2 Å². The van der Waals surface area contributed by atoms with E-state index >= 15 is 0 Å². The summed E-state index contributed by atoms with van der Waals surface area (Å²) in [7, 11) is -10.5. The number of ether oxygens (including phenoxy) is 1. The van der Waals surface area contributed by atoms with E-state index in [9.17, 15) is 59.1 Å². The Balaban J connectivity index is 1.99. The van der Waals surface area contributed by atoms with Gasteiger partial charge in [-0.15, -0.1) is 0 Å². The molecule has 20 heteroatoms. The van der Waals surface area contributed by atoms with E-state index in [4.69, 9.17) is 9.84 Å². The van der Waals surface area contributed by atoms with Crippen molar-refractivity contribution >= 4 is 15.4 Å². The number of nitrogens with zero attached hydrogens (tertiary/aromatic N) is 1. The van der Waals surface area contributed by atoms with E-state index in [0.29, 0.717) is 6.08 Å². The molecule has 0 aliphatic carbocycles. The van der Waals surface area contributed by atoms with Crippen molar-refractivity contribution in [1.82, 2.24) is 9.55 Å². The minimum atomic E-state index is -5.36. The monoisotopic (exact) mass is 564 g/mol. The molecule has 206 valence electrons. The summed E-state index contributed by atoms with van der Waals surface area (Å²) < 4.78 is 38.7. The molecule has 0 amide bonds. The van der Waals surface area contributed by atoms with Gasteiger partial charge < -0.3 is 50.3 Å². The fraction of sp³-hybridized carbons (Fsp3) is 0.625. The lowest BCUT2D eigenvalue weighted by Crippen LogP contribution is -2.45. The summed E-state index contributed by atoms with van der Waals surface area (Å²) in [5, 5.41) is 67.0. The highest BCUT2D eigenvalue weighted by atomic mass is 31.3. The number of nitrogens with one attached hydrogen (secondary N) is 1. The zero-order valence-corrected chi connectivity index (χ0v) is 19.9. The number of hydrogen-bond donors (Lipinski definition) is 10. The van der Waals surface area contributed by atoms with E-state index in [0.717, 1.165) is 16.8 Å². The summed E-state index contributed by atoms with van der Waals surface area (Å²) in [4.78, 5) is 44.3. The third-order valence-corrected chi connectivity index (χ3v) is 7.62. The number of phosphoric ester groups is 1. The molecule has 0 bridgehead atoms. The summed E-state index contributed by atoms with van der Waals surface area (Å²) in [6.45, 7) is -1.96. The molecular formula is C16H26N2O16P2. The van der Waals surface area contributed by atoms with Crippen molar-refractivity contribution < 1.29 is 68.2 Å². The zero-order valence-electron chi connectivity index (χ0n) is 18.1. The van der Waals surface area contributed by atoms with Gasteiger partial charge in [0.25, 0.3) is 5.56 Å². The smallest absolute Gasteiger partial charge is 0.394 e. The van der Waals surface area contributed by atoms with Gasteiger partial charge in [-0.05, 0) is 6.08 Å². The lowest BCUT2D eigenvalue weighted by molar-refractivity contribution is -0.104. The molecule has 1 saturated heterocycles. The second kappa shape index (κ2) is 12.3. The first-order chi connectivity index (χ1) is 16.6. The standard InChI is InChI=1S/C16H26N2O16P2/c19-5-8(21)12(24)11(23)7(20)2-4-35(28,29)34-36(30,31)32-6-9-13(25)14(26)15(33-9)18-3-1-10(22)17-16(18)27/h1-4,7-9,11-15,19-21,23-26H,5-6H2,(H,28,29)(H,30,31)(H,17,22,27)/b4-2+/t7-,8+,9+,11+,12-,13+,14+,15+/m0/s1. The van der Waals surface area contributed by atoms with E-state index in [2.05, 4.69) is 8.83 Å². The first-order valence-electron chi connectivity index (χ1n) is 9.95. The Morgan fingerprint density at radius 3 is 2.33 bits per heavy atom. The van der Waals surface area contributed by atoms with Crippen LogP contribution < -0.4 is 11.2 Å². The van der Waals surface area contributed by atoms with Gasteiger partial charge >= 0.3 is 21.1 Å². The first-order valence-corrected chi connectivity index (χ1v) is 13.1. The van der Waals surface area contributed by atoms with Crippen LogP contribution >= 0.6 is 15.4 Å². The van der Waals surface area contributed by atoms with Gasteiger partial charge in [-0.3, -0.25) is 23.4 Å². The summed E-state index contributed by atoms with van der Waals surface area (Å²) >= 11 is 0. The van der Waals surface area contributed by atoms with Gasteiger partial charge in [-0.1, -0.05) is 0 Å². The minimum absolute atomic E-state index is 0.175. The average Bonchev–Trinajstić information content (AvgIpc) is 3.07. The molecular weight excluding hydrogens is 538 g/mol. The van der Waals surface area contributed by atoms with Gasteiger partial charge in [0, 0.05) is 18.1 Å². The largest absolute Gasteiger partial charge is 0.479 e. The molecule has 2 heterocycles. The SMILES string of the molecule is O=c1ccn([C@@H]2O[C@H](COP(=O)(O)OP(=O)(O)/C=C/[C@H](O)[C@@H](O)[C@@H](O)[C@H](O)CO)[C@@H](O)[C@H]2O)c(=O)[nH]1. The lowest BCUT2D eigenvalue weighted by atomic mass is 10.0. The maximum Gasteiger partial charge on any atom is 0.479 e. The van der Waals surface area contributed by atoms with Crippen molar-refractivity contribution in [2.75, 3.05) is 13.2 Å². The highest BCUT2D eigenvalue weighted by Gasteiger charge is 2.45. The van der Waals surface area contributed by atoms with Crippen molar-refractivity contribution in [2.24, 2.45) is 0 Å². The minimum Gasteiger partial charge on any atom is -0.394 e. The molecule has 1 fully saturated rings. The molecule has 10 atom stereocenters. The molecule has 0 radical (unpaired) electrons. The third-order valence-electron chi connectivity index (χ3n) is 4.84. The summed E-state index contributed by atoms with van der Waals surface area (Å²) in [5.74, 6) is 0.175. The second-order valence-electron chi connectivity index (χ2n) is 7.54. The number of aliphatic hydroxyl groups excluding tert-OH is 7. The number of H-pyrrole nitrogens is 1. The Labute approximate surface area is 201 Å². The van der Waals surface area contributed by atoms with E-state index in [1.165, 1.54) is 0 Å². The van der Waals surface area contributed by atoms with E-state index < -0.39 is 88.8 Å². The molecule has 0 spiro atoms. The number of aromatic amines is 1.